The number of hydrazine groups is 1. The highest BCUT2D eigenvalue weighted by Crippen LogP contribution is 2.28. The van der Waals surface area contributed by atoms with Crippen molar-refractivity contribution in [1.82, 2.24) is 5.01 Å². The average molecular weight is 549 g/mol. The number of carbonyl (C=O) groups is 4. The number of ether oxygens (including phenoxy) is 3. The standard InChI is InChI=1S/C30H32N2O8/c1-30(2,3)40-28(36)23(19-38-29(37)32(31)24(26(33)34)20-13-7-4-8-14-20)27(35)39-25(21-15-9-5-10-16-21)22-17-11-6-12-18-22/h4-18,23-25H,19,31H2,1-3H3,(H,33,34)/t23-,24-/m1/s1. The minimum atomic E-state index is -1.67. The van der Waals surface area contributed by atoms with E-state index in [0.717, 1.165) is 0 Å². The molecule has 1 amide bonds. The van der Waals surface area contributed by atoms with E-state index in [2.05, 4.69) is 0 Å². The number of nitrogens with zero attached hydrogens (tertiary/aromatic N) is 1. The summed E-state index contributed by atoms with van der Waals surface area (Å²) in [7, 11) is 0. The van der Waals surface area contributed by atoms with Crippen molar-refractivity contribution in [2.45, 2.75) is 38.5 Å². The number of hydrogen-bond acceptors (Lipinski definition) is 8. The van der Waals surface area contributed by atoms with E-state index < -0.39 is 54.3 Å². The maximum absolute atomic E-state index is 13.4. The third-order valence-corrected chi connectivity index (χ3v) is 5.63. The van der Waals surface area contributed by atoms with Gasteiger partial charge >= 0.3 is 24.0 Å². The molecule has 0 aromatic heterocycles. The number of esters is 2. The highest BCUT2D eigenvalue weighted by Gasteiger charge is 2.37. The highest BCUT2D eigenvalue weighted by atomic mass is 16.6. The molecule has 0 aliphatic heterocycles. The zero-order chi connectivity index (χ0) is 29.3. The topological polar surface area (TPSA) is 145 Å². The molecule has 0 fully saturated rings. The minimum Gasteiger partial charge on any atom is -0.479 e. The first-order valence-electron chi connectivity index (χ1n) is 12.5. The van der Waals surface area contributed by atoms with Crippen molar-refractivity contribution in [3.63, 3.8) is 0 Å². The highest BCUT2D eigenvalue weighted by molar-refractivity contribution is 5.95. The molecule has 3 N–H and O–H groups in total. The van der Waals surface area contributed by atoms with Crippen LogP contribution in [-0.4, -0.2) is 46.3 Å². The molecule has 0 saturated heterocycles. The molecule has 0 saturated carbocycles. The normalized spacial score (nSPS) is 12.6. The first kappa shape index (κ1) is 29.9. The second-order valence-corrected chi connectivity index (χ2v) is 9.86. The lowest BCUT2D eigenvalue weighted by Crippen LogP contribution is -2.45. The van der Waals surface area contributed by atoms with Gasteiger partial charge in [-0.25, -0.2) is 20.4 Å². The van der Waals surface area contributed by atoms with Gasteiger partial charge in [-0.1, -0.05) is 91.0 Å². The number of nitrogens with two attached hydrogens (primary N) is 1. The molecular formula is C30H32N2O8. The largest absolute Gasteiger partial charge is 0.479 e. The second-order valence-electron chi connectivity index (χ2n) is 9.86. The van der Waals surface area contributed by atoms with Gasteiger partial charge in [-0.15, -0.1) is 0 Å². The molecule has 0 bridgehead atoms. The van der Waals surface area contributed by atoms with E-state index in [-0.39, 0.29) is 5.56 Å². The van der Waals surface area contributed by atoms with E-state index in [1.165, 1.54) is 12.1 Å². The summed E-state index contributed by atoms with van der Waals surface area (Å²) in [6, 6.07) is 24.1. The molecule has 10 nitrogen and oxygen atoms in total. The van der Waals surface area contributed by atoms with Gasteiger partial charge in [0.05, 0.1) is 0 Å². The summed E-state index contributed by atoms with van der Waals surface area (Å²) in [5, 5.41) is 10.0. The van der Waals surface area contributed by atoms with Crippen molar-refractivity contribution in [3.8, 4) is 0 Å². The van der Waals surface area contributed by atoms with Gasteiger partial charge in [0.25, 0.3) is 0 Å². The Kier molecular flexibility index (Phi) is 9.99. The SMILES string of the molecule is CC(C)(C)OC(=O)[C@H](COC(=O)N(N)[C@@H](C(=O)O)c1ccccc1)C(=O)OC(c1ccccc1)c1ccccc1. The predicted molar refractivity (Wildman–Crippen MR) is 144 cm³/mol. The Labute approximate surface area is 232 Å². The molecule has 2 atom stereocenters. The molecule has 10 heteroatoms. The number of carboxylic acid groups (broad SMARTS) is 1. The Hall–Kier alpha value is -4.70. The summed E-state index contributed by atoms with van der Waals surface area (Å²) in [4.78, 5) is 51.1. The lowest BCUT2D eigenvalue weighted by Gasteiger charge is -2.27. The molecule has 40 heavy (non-hydrogen) atoms. The molecule has 3 aromatic rings. The van der Waals surface area contributed by atoms with Crippen molar-refractivity contribution in [1.29, 1.82) is 0 Å². The van der Waals surface area contributed by atoms with Crippen LogP contribution >= 0.6 is 0 Å². The average Bonchev–Trinajstić information content (AvgIpc) is 2.92. The number of rotatable bonds is 10. The number of hydrogen-bond donors (Lipinski definition) is 2. The lowest BCUT2D eigenvalue weighted by molar-refractivity contribution is -0.173. The van der Waals surface area contributed by atoms with Crippen LogP contribution in [0.3, 0.4) is 0 Å². The Bertz CT molecular complexity index is 1250. The van der Waals surface area contributed by atoms with Crippen molar-refractivity contribution < 1.29 is 38.5 Å². The fourth-order valence-electron chi connectivity index (χ4n) is 3.78. The summed E-state index contributed by atoms with van der Waals surface area (Å²) in [5.41, 5.74) is 0.579. The van der Waals surface area contributed by atoms with E-state index in [9.17, 15) is 24.3 Å². The van der Waals surface area contributed by atoms with E-state index in [1.807, 2.05) is 12.1 Å². The summed E-state index contributed by atoms with van der Waals surface area (Å²) in [6.07, 6.45) is -2.13. The third-order valence-electron chi connectivity index (χ3n) is 5.63. The van der Waals surface area contributed by atoms with Crippen LogP contribution in [0.15, 0.2) is 91.0 Å². The van der Waals surface area contributed by atoms with Gasteiger partial charge in [0.1, 0.15) is 12.2 Å². The molecule has 3 aromatic carbocycles. The molecule has 0 aliphatic carbocycles. The lowest BCUT2D eigenvalue weighted by atomic mass is 10.0. The fraction of sp³-hybridized carbons (Fsp3) is 0.267. The molecule has 0 unspecified atom stereocenters. The van der Waals surface area contributed by atoms with Crippen LogP contribution in [0.1, 0.15) is 49.6 Å². The van der Waals surface area contributed by atoms with Crippen LogP contribution in [0, 0.1) is 5.92 Å². The van der Waals surface area contributed by atoms with Crippen molar-refractivity contribution in [2.24, 2.45) is 11.8 Å². The van der Waals surface area contributed by atoms with Gasteiger partial charge in [-0.05, 0) is 37.5 Å². The third kappa shape index (κ3) is 8.15. The molecule has 3 rings (SSSR count). The Balaban J connectivity index is 1.83. The van der Waals surface area contributed by atoms with E-state index in [0.29, 0.717) is 16.1 Å². The first-order valence-corrected chi connectivity index (χ1v) is 12.5. The maximum Gasteiger partial charge on any atom is 0.425 e. The van der Waals surface area contributed by atoms with Gasteiger partial charge in [0.15, 0.2) is 18.1 Å². The molecular weight excluding hydrogens is 516 g/mol. The molecule has 0 spiro atoms. The van der Waals surface area contributed by atoms with Crippen LogP contribution in [-0.2, 0) is 28.6 Å². The van der Waals surface area contributed by atoms with Gasteiger partial charge in [0.2, 0.25) is 0 Å². The maximum atomic E-state index is 13.4. The Morgan fingerprint density at radius 3 is 1.65 bits per heavy atom. The second kappa shape index (κ2) is 13.4. The van der Waals surface area contributed by atoms with E-state index >= 15 is 0 Å². The monoisotopic (exact) mass is 548 g/mol. The van der Waals surface area contributed by atoms with E-state index in [4.69, 9.17) is 20.1 Å². The van der Waals surface area contributed by atoms with Crippen LogP contribution in [0.2, 0.25) is 0 Å². The van der Waals surface area contributed by atoms with Crippen LogP contribution in [0.4, 0.5) is 4.79 Å². The summed E-state index contributed by atoms with van der Waals surface area (Å²) in [5.74, 6) is 0.759. The molecule has 0 heterocycles. The van der Waals surface area contributed by atoms with Crippen LogP contribution in [0.25, 0.3) is 0 Å². The number of carboxylic acids is 1. The van der Waals surface area contributed by atoms with Gasteiger partial charge < -0.3 is 19.3 Å². The van der Waals surface area contributed by atoms with Gasteiger partial charge in [-0.3, -0.25) is 9.59 Å². The minimum absolute atomic E-state index is 0.228. The number of benzene rings is 3. The Morgan fingerprint density at radius 2 is 1.23 bits per heavy atom. The smallest absolute Gasteiger partial charge is 0.425 e. The van der Waals surface area contributed by atoms with Crippen molar-refractivity contribution in [2.75, 3.05) is 6.61 Å². The number of amides is 1. The van der Waals surface area contributed by atoms with Crippen LogP contribution < -0.4 is 5.84 Å². The Morgan fingerprint density at radius 1 is 0.775 bits per heavy atom. The molecule has 0 aliphatic rings. The van der Waals surface area contributed by atoms with Crippen molar-refractivity contribution >= 4 is 24.0 Å². The summed E-state index contributed by atoms with van der Waals surface area (Å²) < 4.78 is 16.4. The first-order chi connectivity index (χ1) is 19.0. The quantitative estimate of drug-likeness (QED) is 0.0939. The molecule has 210 valence electrons. The van der Waals surface area contributed by atoms with Gasteiger partial charge in [0, 0.05) is 0 Å². The van der Waals surface area contributed by atoms with E-state index in [1.54, 1.807) is 87.5 Å². The molecule has 0 radical (unpaired) electrons. The summed E-state index contributed by atoms with van der Waals surface area (Å²) in [6.45, 7) is 4.07. The van der Waals surface area contributed by atoms with Crippen LogP contribution in [0.5, 0.6) is 0 Å². The van der Waals surface area contributed by atoms with Crippen molar-refractivity contribution in [3.05, 3.63) is 108 Å². The van der Waals surface area contributed by atoms with Gasteiger partial charge in [-0.2, -0.15) is 0 Å². The zero-order valence-corrected chi connectivity index (χ0v) is 22.4. The number of aliphatic carboxylic acids is 1. The predicted octanol–water partition coefficient (Wildman–Crippen LogP) is 4.42. The summed E-state index contributed by atoms with van der Waals surface area (Å²) >= 11 is 0. The number of carbonyl (C=O) groups excluding carboxylic acids is 3. The fourth-order valence-corrected chi connectivity index (χ4v) is 3.78. The zero-order valence-electron chi connectivity index (χ0n) is 22.4.